The smallest absolute Gasteiger partial charge is 0.224 e. The zero-order valence-corrected chi connectivity index (χ0v) is 21.4. The first-order valence-corrected chi connectivity index (χ1v) is 12.0. The lowest BCUT2D eigenvalue weighted by molar-refractivity contribution is -0.131. The summed E-state index contributed by atoms with van der Waals surface area (Å²) in [6.45, 7) is 7.16. The van der Waals surface area contributed by atoms with Crippen molar-refractivity contribution < 1.29 is 4.79 Å². The van der Waals surface area contributed by atoms with E-state index in [-0.39, 0.29) is 29.9 Å². The summed E-state index contributed by atoms with van der Waals surface area (Å²) in [7, 11) is 0. The summed E-state index contributed by atoms with van der Waals surface area (Å²) in [5, 5.41) is 5.56. The molecule has 4 rings (SSSR count). The standard InChI is InChI=1S/C24H32N4OS.HI/c1-2-25-24(28-13-9-20(17-28)16-19-6-4-3-5-7-19)26-12-8-23(29)27-14-10-22-21(18-27)11-15-30-22;/h3-7,11,15,20H,2,8-10,12-14,16-18H2,1H3,(H,25,26);1H. The van der Waals surface area contributed by atoms with E-state index in [1.54, 1.807) is 0 Å². The SMILES string of the molecule is CCNC(=NCCC(=O)N1CCc2sccc2C1)N1CCC(Cc2ccccc2)C1.I. The van der Waals surface area contributed by atoms with E-state index in [0.29, 0.717) is 18.9 Å². The second-order valence-corrected chi connectivity index (χ2v) is 9.21. The summed E-state index contributed by atoms with van der Waals surface area (Å²) in [5.74, 6) is 1.83. The summed E-state index contributed by atoms with van der Waals surface area (Å²) in [6.07, 6.45) is 3.78. The van der Waals surface area contributed by atoms with Crippen LogP contribution in [0.25, 0.3) is 0 Å². The lowest BCUT2D eigenvalue weighted by Gasteiger charge is -2.27. The van der Waals surface area contributed by atoms with Gasteiger partial charge >= 0.3 is 0 Å². The normalized spacial score (nSPS) is 18.5. The van der Waals surface area contributed by atoms with Crippen LogP contribution in [0.1, 0.15) is 35.8 Å². The van der Waals surface area contributed by atoms with Crippen LogP contribution in [-0.4, -0.2) is 54.4 Å². The van der Waals surface area contributed by atoms with Crippen LogP contribution in [0.15, 0.2) is 46.8 Å². The second-order valence-electron chi connectivity index (χ2n) is 8.21. The number of likely N-dealkylation sites (tertiary alicyclic amines) is 1. The Morgan fingerprint density at radius 2 is 2.03 bits per heavy atom. The molecule has 1 aromatic carbocycles. The van der Waals surface area contributed by atoms with Gasteiger partial charge in [-0.15, -0.1) is 35.3 Å². The number of thiophene rings is 1. The van der Waals surface area contributed by atoms with Gasteiger partial charge in [-0.05, 0) is 54.7 Å². The third-order valence-electron chi connectivity index (χ3n) is 6.04. The average molecular weight is 553 g/mol. The molecule has 0 spiro atoms. The predicted molar refractivity (Wildman–Crippen MR) is 139 cm³/mol. The van der Waals surface area contributed by atoms with Crippen LogP contribution in [0.5, 0.6) is 0 Å². The molecule has 1 aromatic heterocycles. The molecule has 5 nitrogen and oxygen atoms in total. The van der Waals surface area contributed by atoms with Crippen molar-refractivity contribution in [3.05, 3.63) is 57.8 Å². The van der Waals surface area contributed by atoms with Gasteiger partial charge in [0, 0.05) is 44.0 Å². The van der Waals surface area contributed by atoms with Crippen LogP contribution in [-0.2, 0) is 24.2 Å². The second kappa shape index (κ2) is 11.9. The Balaban J connectivity index is 0.00000272. The predicted octanol–water partition coefficient (Wildman–Crippen LogP) is 4.17. The maximum Gasteiger partial charge on any atom is 0.224 e. The Labute approximate surface area is 206 Å². The Bertz CT molecular complexity index is 869. The number of fused-ring (bicyclic) bond motifs is 1. The fourth-order valence-electron chi connectivity index (χ4n) is 4.44. The van der Waals surface area contributed by atoms with Crippen LogP contribution < -0.4 is 5.32 Å². The van der Waals surface area contributed by atoms with Gasteiger partial charge in [-0.2, -0.15) is 0 Å². The van der Waals surface area contributed by atoms with E-state index < -0.39 is 0 Å². The highest BCUT2D eigenvalue weighted by atomic mass is 127. The fourth-order valence-corrected chi connectivity index (χ4v) is 5.33. The van der Waals surface area contributed by atoms with Gasteiger partial charge in [-0.25, -0.2) is 0 Å². The molecule has 1 N–H and O–H groups in total. The van der Waals surface area contributed by atoms with Crippen molar-refractivity contribution >= 4 is 47.2 Å². The fraction of sp³-hybridized carbons (Fsp3) is 0.500. The molecule has 2 aliphatic rings. The van der Waals surface area contributed by atoms with Gasteiger partial charge in [-0.3, -0.25) is 9.79 Å². The average Bonchev–Trinajstić information content (AvgIpc) is 3.42. The number of nitrogens with one attached hydrogen (secondary N) is 1. The molecular weight excluding hydrogens is 519 g/mol. The number of nitrogens with zero attached hydrogens (tertiary/aromatic N) is 3. The Morgan fingerprint density at radius 1 is 1.19 bits per heavy atom. The van der Waals surface area contributed by atoms with Gasteiger partial charge in [0.15, 0.2) is 5.96 Å². The van der Waals surface area contributed by atoms with Crippen LogP contribution in [0, 0.1) is 5.92 Å². The van der Waals surface area contributed by atoms with Crippen LogP contribution in [0.2, 0.25) is 0 Å². The third kappa shape index (κ3) is 6.44. The largest absolute Gasteiger partial charge is 0.357 e. The van der Waals surface area contributed by atoms with E-state index in [9.17, 15) is 4.79 Å². The first-order chi connectivity index (χ1) is 14.7. The minimum Gasteiger partial charge on any atom is -0.357 e. The highest BCUT2D eigenvalue weighted by Crippen LogP contribution is 2.24. The van der Waals surface area contributed by atoms with E-state index in [0.717, 1.165) is 51.5 Å². The number of halogens is 1. The number of aliphatic imine (C=N–C) groups is 1. The number of hydrogen-bond acceptors (Lipinski definition) is 3. The highest BCUT2D eigenvalue weighted by molar-refractivity contribution is 14.0. The van der Waals surface area contributed by atoms with E-state index in [1.807, 2.05) is 16.2 Å². The molecule has 2 aromatic rings. The molecule has 31 heavy (non-hydrogen) atoms. The first-order valence-electron chi connectivity index (χ1n) is 11.1. The minimum atomic E-state index is 0. The molecule has 0 aliphatic carbocycles. The van der Waals surface area contributed by atoms with E-state index in [4.69, 9.17) is 4.99 Å². The van der Waals surface area contributed by atoms with Gasteiger partial charge in [0.05, 0.1) is 6.54 Å². The van der Waals surface area contributed by atoms with E-state index in [1.165, 1.54) is 22.4 Å². The van der Waals surface area contributed by atoms with Gasteiger partial charge in [0.2, 0.25) is 5.91 Å². The van der Waals surface area contributed by atoms with E-state index in [2.05, 4.69) is 58.9 Å². The molecule has 0 saturated carbocycles. The van der Waals surface area contributed by atoms with Gasteiger partial charge in [0.1, 0.15) is 0 Å². The van der Waals surface area contributed by atoms with Gasteiger partial charge in [-0.1, -0.05) is 30.3 Å². The Morgan fingerprint density at radius 3 is 2.84 bits per heavy atom. The quantitative estimate of drug-likeness (QED) is 0.333. The molecule has 168 valence electrons. The zero-order valence-electron chi connectivity index (χ0n) is 18.3. The van der Waals surface area contributed by atoms with Crippen molar-refractivity contribution in [2.45, 2.75) is 39.2 Å². The molecule has 7 heteroatoms. The third-order valence-corrected chi connectivity index (χ3v) is 7.06. The van der Waals surface area contributed by atoms with Crippen molar-refractivity contribution in [3.8, 4) is 0 Å². The number of benzene rings is 1. The Hall–Kier alpha value is -1.61. The van der Waals surface area contributed by atoms with Crippen LogP contribution >= 0.6 is 35.3 Å². The topological polar surface area (TPSA) is 47.9 Å². The van der Waals surface area contributed by atoms with Gasteiger partial charge < -0.3 is 15.1 Å². The number of amides is 1. The zero-order chi connectivity index (χ0) is 20.8. The number of carbonyl (C=O) groups excluding carboxylic acids is 1. The highest BCUT2D eigenvalue weighted by Gasteiger charge is 2.25. The van der Waals surface area contributed by atoms with Crippen LogP contribution in [0.3, 0.4) is 0 Å². The summed E-state index contributed by atoms with van der Waals surface area (Å²) in [5.41, 5.74) is 2.73. The van der Waals surface area contributed by atoms with Gasteiger partial charge in [0.25, 0.3) is 0 Å². The van der Waals surface area contributed by atoms with E-state index >= 15 is 0 Å². The molecular formula is C24H33IN4OS. The monoisotopic (exact) mass is 552 g/mol. The maximum absolute atomic E-state index is 12.7. The molecule has 1 amide bonds. The molecule has 0 radical (unpaired) electrons. The summed E-state index contributed by atoms with van der Waals surface area (Å²) in [6, 6.07) is 12.9. The lowest BCUT2D eigenvalue weighted by Crippen LogP contribution is -2.40. The first kappa shape index (κ1) is 24.0. The number of guanidine groups is 1. The van der Waals surface area contributed by atoms with Crippen molar-refractivity contribution in [2.24, 2.45) is 10.9 Å². The molecule has 1 fully saturated rings. The molecule has 1 saturated heterocycles. The summed E-state index contributed by atoms with van der Waals surface area (Å²) >= 11 is 1.81. The van der Waals surface area contributed by atoms with Crippen molar-refractivity contribution in [3.63, 3.8) is 0 Å². The number of hydrogen-bond donors (Lipinski definition) is 1. The molecule has 2 aliphatic heterocycles. The number of carbonyl (C=O) groups is 1. The molecule has 0 bridgehead atoms. The van der Waals surface area contributed by atoms with Crippen LogP contribution in [0.4, 0.5) is 0 Å². The summed E-state index contributed by atoms with van der Waals surface area (Å²) < 4.78 is 0. The number of rotatable bonds is 6. The van der Waals surface area contributed by atoms with Crippen molar-refractivity contribution in [1.29, 1.82) is 0 Å². The maximum atomic E-state index is 12.7. The molecule has 1 unspecified atom stereocenters. The molecule has 1 atom stereocenters. The molecule has 3 heterocycles. The minimum absolute atomic E-state index is 0. The van der Waals surface area contributed by atoms with Crippen molar-refractivity contribution in [1.82, 2.24) is 15.1 Å². The summed E-state index contributed by atoms with van der Waals surface area (Å²) in [4.78, 5) is 23.3. The van der Waals surface area contributed by atoms with Crippen molar-refractivity contribution in [2.75, 3.05) is 32.7 Å². The Kier molecular flexibility index (Phi) is 9.19. The lowest BCUT2D eigenvalue weighted by atomic mass is 9.99.